The lowest BCUT2D eigenvalue weighted by atomic mass is 9.72. The van der Waals surface area contributed by atoms with Crippen LogP contribution in [-0.4, -0.2) is 5.97 Å². The number of hydrogen-bond donors (Lipinski definition) is 0. The van der Waals surface area contributed by atoms with Gasteiger partial charge in [-0.2, -0.15) is 4.89 Å². The summed E-state index contributed by atoms with van der Waals surface area (Å²) in [7, 11) is 0. The van der Waals surface area contributed by atoms with Crippen LogP contribution in [0, 0.1) is 17.4 Å². The van der Waals surface area contributed by atoms with Gasteiger partial charge in [0.2, 0.25) is 0 Å². The molecule has 2 rings (SSSR count). The lowest BCUT2D eigenvalue weighted by Crippen LogP contribution is -2.26. The van der Waals surface area contributed by atoms with Crippen LogP contribution >= 0.6 is 0 Å². The van der Waals surface area contributed by atoms with E-state index in [-0.39, 0.29) is 0 Å². The largest absolute Gasteiger partial charge is 0.373 e. The van der Waals surface area contributed by atoms with E-state index in [9.17, 15) is 4.79 Å². The molecule has 3 nitrogen and oxygen atoms in total. The van der Waals surface area contributed by atoms with Gasteiger partial charge in [-0.15, -0.1) is 0 Å². The minimum atomic E-state index is -0.425. The second-order valence-electron chi connectivity index (χ2n) is 7.91. The SMILES string of the molecule is CC(C)c1ccc(C(=O)OO[C]2CCC(C(C)(C)C)CC2)cc1. The van der Waals surface area contributed by atoms with Crippen LogP contribution < -0.4 is 0 Å². The molecule has 1 fully saturated rings. The maximum atomic E-state index is 12.0. The van der Waals surface area contributed by atoms with Gasteiger partial charge in [0.05, 0.1) is 5.56 Å². The molecule has 1 aliphatic carbocycles. The molecule has 0 amide bonds. The summed E-state index contributed by atoms with van der Waals surface area (Å²) in [6, 6.07) is 7.51. The molecule has 1 radical (unpaired) electrons. The first-order valence-corrected chi connectivity index (χ1v) is 8.61. The molecule has 3 heteroatoms. The van der Waals surface area contributed by atoms with Crippen molar-refractivity contribution in [2.75, 3.05) is 0 Å². The second kappa shape index (κ2) is 7.48. The molecule has 0 saturated heterocycles. The van der Waals surface area contributed by atoms with Crippen molar-refractivity contribution in [3.8, 4) is 0 Å². The van der Waals surface area contributed by atoms with Crippen LogP contribution in [0.1, 0.15) is 82.1 Å². The lowest BCUT2D eigenvalue weighted by Gasteiger charge is -2.35. The zero-order chi connectivity index (χ0) is 17.0. The van der Waals surface area contributed by atoms with Crippen molar-refractivity contribution in [2.24, 2.45) is 11.3 Å². The third-order valence-electron chi connectivity index (χ3n) is 4.82. The lowest BCUT2D eigenvalue weighted by molar-refractivity contribution is -0.241. The van der Waals surface area contributed by atoms with Gasteiger partial charge in [0.15, 0.2) is 0 Å². The molecule has 127 valence electrons. The van der Waals surface area contributed by atoms with Crippen molar-refractivity contribution in [2.45, 2.75) is 66.2 Å². The van der Waals surface area contributed by atoms with Gasteiger partial charge in [-0.3, -0.25) is 4.89 Å². The Morgan fingerprint density at radius 2 is 1.65 bits per heavy atom. The maximum Gasteiger partial charge on any atom is 0.373 e. The molecule has 1 saturated carbocycles. The Bertz CT molecular complexity index is 503. The minimum Gasteiger partial charge on any atom is -0.292 e. The Kier molecular flexibility index (Phi) is 5.85. The van der Waals surface area contributed by atoms with Crippen LogP contribution in [0.5, 0.6) is 0 Å². The summed E-state index contributed by atoms with van der Waals surface area (Å²) >= 11 is 0. The van der Waals surface area contributed by atoms with Crippen molar-refractivity contribution >= 4 is 5.97 Å². The molecule has 0 aliphatic heterocycles. The van der Waals surface area contributed by atoms with Gasteiger partial charge in [-0.25, -0.2) is 4.79 Å². The molecule has 0 unspecified atom stereocenters. The monoisotopic (exact) mass is 317 g/mol. The summed E-state index contributed by atoms with van der Waals surface area (Å²) in [6.07, 6.45) is 4.83. The molecule has 0 atom stereocenters. The maximum absolute atomic E-state index is 12.0. The Morgan fingerprint density at radius 3 is 2.13 bits per heavy atom. The van der Waals surface area contributed by atoms with E-state index in [1.807, 2.05) is 12.1 Å². The molecule has 1 aliphatic rings. The van der Waals surface area contributed by atoms with Crippen LogP contribution in [0.2, 0.25) is 0 Å². The van der Waals surface area contributed by atoms with Gasteiger partial charge in [-0.05, 0) is 60.6 Å². The van der Waals surface area contributed by atoms with Crippen LogP contribution in [0.4, 0.5) is 0 Å². The Labute approximate surface area is 140 Å². The quantitative estimate of drug-likeness (QED) is 0.530. The standard InChI is InChI=1S/C20H29O3/c1-14(2)15-6-8-16(9-7-15)19(21)23-22-18-12-10-17(11-13-18)20(3,4)5/h6-9,14,17H,10-13H2,1-5H3. The predicted octanol–water partition coefficient (Wildman–Crippen LogP) is 5.67. The fourth-order valence-electron chi connectivity index (χ4n) is 3.04. The highest BCUT2D eigenvalue weighted by atomic mass is 17.2. The van der Waals surface area contributed by atoms with Crippen LogP contribution in [-0.2, 0) is 9.78 Å². The zero-order valence-corrected chi connectivity index (χ0v) is 15.0. The summed E-state index contributed by atoms with van der Waals surface area (Å²) < 4.78 is 0. The molecule has 0 N–H and O–H groups in total. The molecular formula is C20H29O3. The van der Waals surface area contributed by atoms with Gasteiger partial charge >= 0.3 is 5.97 Å². The third-order valence-corrected chi connectivity index (χ3v) is 4.82. The van der Waals surface area contributed by atoms with E-state index in [1.165, 1.54) is 5.56 Å². The summed E-state index contributed by atoms with van der Waals surface area (Å²) in [6.45, 7) is 11.1. The first-order valence-electron chi connectivity index (χ1n) is 8.61. The first kappa shape index (κ1) is 18.0. The summed E-state index contributed by atoms with van der Waals surface area (Å²) in [5.41, 5.74) is 2.07. The van der Waals surface area contributed by atoms with Crippen LogP contribution in [0.3, 0.4) is 0 Å². The predicted molar refractivity (Wildman–Crippen MR) is 91.7 cm³/mol. The average molecular weight is 317 g/mol. The highest BCUT2D eigenvalue weighted by Gasteiger charge is 2.31. The molecule has 0 spiro atoms. The molecule has 23 heavy (non-hydrogen) atoms. The Hall–Kier alpha value is -1.35. The molecule has 0 heterocycles. The van der Waals surface area contributed by atoms with Crippen molar-refractivity contribution < 1.29 is 14.6 Å². The number of carbonyl (C=O) groups excluding carboxylic acids is 1. The number of carbonyl (C=O) groups is 1. The second-order valence-corrected chi connectivity index (χ2v) is 7.91. The van der Waals surface area contributed by atoms with Crippen molar-refractivity contribution in [1.82, 2.24) is 0 Å². The van der Waals surface area contributed by atoms with Gasteiger partial charge in [0.1, 0.15) is 6.10 Å². The van der Waals surface area contributed by atoms with Crippen molar-refractivity contribution in [1.29, 1.82) is 0 Å². The minimum absolute atomic E-state index is 0.334. The van der Waals surface area contributed by atoms with Crippen molar-refractivity contribution in [3.05, 3.63) is 41.5 Å². The zero-order valence-electron chi connectivity index (χ0n) is 15.0. The Balaban J connectivity index is 1.79. The molecular weight excluding hydrogens is 288 g/mol. The third kappa shape index (κ3) is 5.07. The van der Waals surface area contributed by atoms with Gasteiger partial charge in [0, 0.05) is 0 Å². The molecule has 1 aromatic rings. The van der Waals surface area contributed by atoms with Crippen LogP contribution in [0.25, 0.3) is 0 Å². The first-order chi connectivity index (χ1) is 10.8. The molecule has 1 aromatic carbocycles. The van der Waals surface area contributed by atoms with E-state index in [4.69, 9.17) is 9.78 Å². The Morgan fingerprint density at radius 1 is 1.09 bits per heavy atom. The van der Waals surface area contributed by atoms with Crippen LogP contribution in [0.15, 0.2) is 24.3 Å². The molecule has 0 aromatic heterocycles. The van der Waals surface area contributed by atoms with E-state index >= 15 is 0 Å². The normalized spacial score (nSPS) is 17.5. The van der Waals surface area contributed by atoms with E-state index < -0.39 is 5.97 Å². The fourth-order valence-corrected chi connectivity index (χ4v) is 3.04. The smallest absolute Gasteiger partial charge is 0.292 e. The van der Waals surface area contributed by atoms with E-state index in [1.54, 1.807) is 12.1 Å². The number of rotatable bonds is 4. The molecule has 0 bridgehead atoms. The fraction of sp³-hybridized carbons (Fsp3) is 0.600. The average Bonchev–Trinajstić information content (AvgIpc) is 2.52. The summed E-state index contributed by atoms with van der Waals surface area (Å²) in [4.78, 5) is 22.3. The highest BCUT2D eigenvalue weighted by Crippen LogP contribution is 2.40. The summed E-state index contributed by atoms with van der Waals surface area (Å²) in [5, 5.41) is 0. The van der Waals surface area contributed by atoms with E-state index in [0.717, 1.165) is 31.8 Å². The van der Waals surface area contributed by atoms with Gasteiger partial charge in [0.25, 0.3) is 0 Å². The van der Waals surface area contributed by atoms with E-state index in [2.05, 4.69) is 34.6 Å². The summed E-state index contributed by atoms with van der Waals surface area (Å²) in [5.74, 6) is 0.727. The number of hydrogen-bond acceptors (Lipinski definition) is 3. The van der Waals surface area contributed by atoms with Gasteiger partial charge in [-0.1, -0.05) is 46.8 Å². The van der Waals surface area contributed by atoms with E-state index in [0.29, 0.717) is 22.8 Å². The highest BCUT2D eigenvalue weighted by molar-refractivity contribution is 5.88. The number of benzene rings is 1. The topological polar surface area (TPSA) is 35.5 Å². The van der Waals surface area contributed by atoms with Crippen molar-refractivity contribution in [3.63, 3.8) is 0 Å². The van der Waals surface area contributed by atoms with Gasteiger partial charge < -0.3 is 0 Å².